The van der Waals surface area contributed by atoms with Gasteiger partial charge >= 0.3 is 5.97 Å². The van der Waals surface area contributed by atoms with Crippen molar-refractivity contribution in [3.8, 4) is 5.75 Å². The molecule has 2 aromatic carbocycles. The number of carbonyl (C=O) groups excluding carboxylic acids is 1. The quantitative estimate of drug-likeness (QED) is 0.882. The van der Waals surface area contributed by atoms with Gasteiger partial charge in [-0.2, -0.15) is 0 Å². The second-order valence-electron chi connectivity index (χ2n) is 5.85. The Hall–Kier alpha value is -2.33. The average Bonchev–Trinajstić information content (AvgIpc) is 2.59. The summed E-state index contributed by atoms with van der Waals surface area (Å²) >= 11 is 0. The minimum absolute atomic E-state index is 0.157. The van der Waals surface area contributed by atoms with Crippen molar-refractivity contribution >= 4 is 5.97 Å². The van der Waals surface area contributed by atoms with Gasteiger partial charge in [-0.3, -0.25) is 0 Å². The monoisotopic (exact) mass is 311 g/mol. The van der Waals surface area contributed by atoms with Crippen LogP contribution in [0.25, 0.3) is 0 Å². The molecule has 0 heterocycles. The predicted octanol–water partition coefficient (Wildman–Crippen LogP) is 2.87. The number of fused-ring (bicyclic) bond motifs is 1. The number of ether oxygens (including phenoxy) is 2. The van der Waals surface area contributed by atoms with Crippen molar-refractivity contribution in [1.82, 2.24) is 0 Å². The number of nitrogens with two attached hydrogens (primary N) is 1. The van der Waals surface area contributed by atoms with Crippen LogP contribution >= 0.6 is 0 Å². The van der Waals surface area contributed by atoms with Crippen molar-refractivity contribution in [2.75, 3.05) is 7.11 Å². The van der Waals surface area contributed by atoms with Gasteiger partial charge in [-0.1, -0.05) is 36.4 Å². The summed E-state index contributed by atoms with van der Waals surface area (Å²) in [6.07, 6.45) is 2.45. The van der Waals surface area contributed by atoms with E-state index in [4.69, 9.17) is 15.2 Å². The molecule has 0 saturated heterocycles. The van der Waals surface area contributed by atoms with Crippen LogP contribution in [0.1, 0.15) is 33.5 Å². The highest BCUT2D eigenvalue weighted by atomic mass is 16.5. The lowest BCUT2D eigenvalue weighted by Gasteiger charge is -2.24. The van der Waals surface area contributed by atoms with Crippen molar-refractivity contribution in [3.05, 3.63) is 64.7 Å². The molecule has 2 N–H and O–H groups in total. The van der Waals surface area contributed by atoms with Crippen LogP contribution in [-0.2, 0) is 24.2 Å². The van der Waals surface area contributed by atoms with Gasteiger partial charge < -0.3 is 15.2 Å². The van der Waals surface area contributed by atoms with Crippen LogP contribution in [0.2, 0.25) is 0 Å². The van der Waals surface area contributed by atoms with Gasteiger partial charge in [0.15, 0.2) is 0 Å². The molecular weight excluding hydrogens is 290 g/mol. The van der Waals surface area contributed by atoms with Crippen LogP contribution in [0.5, 0.6) is 5.75 Å². The average molecular weight is 311 g/mol. The van der Waals surface area contributed by atoms with E-state index >= 15 is 0 Å². The van der Waals surface area contributed by atoms with Crippen molar-refractivity contribution in [2.24, 2.45) is 5.73 Å². The summed E-state index contributed by atoms with van der Waals surface area (Å²) in [5, 5.41) is 0. The normalized spacial score (nSPS) is 16.5. The van der Waals surface area contributed by atoms with Gasteiger partial charge in [0.25, 0.3) is 0 Å². The van der Waals surface area contributed by atoms with Crippen molar-refractivity contribution in [3.63, 3.8) is 0 Å². The first-order valence-corrected chi connectivity index (χ1v) is 7.84. The number of rotatable bonds is 4. The van der Waals surface area contributed by atoms with Gasteiger partial charge in [-0.15, -0.1) is 0 Å². The molecule has 0 radical (unpaired) electrons. The third-order valence-corrected chi connectivity index (χ3v) is 4.25. The zero-order valence-corrected chi connectivity index (χ0v) is 13.2. The van der Waals surface area contributed by atoms with E-state index in [2.05, 4.69) is 0 Å². The summed E-state index contributed by atoms with van der Waals surface area (Å²) in [5.41, 5.74) is 9.78. The summed E-state index contributed by atoms with van der Waals surface area (Å²) in [6.45, 7) is 0.420. The maximum Gasteiger partial charge on any atom is 0.341 e. The number of esters is 1. The molecule has 0 fully saturated rings. The maximum atomic E-state index is 12.3. The molecule has 0 aromatic heterocycles. The Morgan fingerprint density at radius 1 is 1.22 bits per heavy atom. The first-order valence-electron chi connectivity index (χ1n) is 7.84. The minimum atomic E-state index is -0.347. The molecule has 1 aliphatic rings. The van der Waals surface area contributed by atoms with Crippen molar-refractivity contribution < 1.29 is 14.3 Å². The van der Waals surface area contributed by atoms with Crippen LogP contribution in [0.4, 0.5) is 0 Å². The van der Waals surface area contributed by atoms with Gasteiger partial charge in [-0.25, -0.2) is 4.79 Å². The van der Waals surface area contributed by atoms with Gasteiger partial charge in [0.2, 0.25) is 0 Å². The first kappa shape index (κ1) is 15.6. The van der Waals surface area contributed by atoms with Gasteiger partial charge in [0.1, 0.15) is 17.9 Å². The lowest BCUT2D eigenvalue weighted by molar-refractivity contribution is 0.0593. The molecule has 0 saturated carbocycles. The molecule has 1 aliphatic carbocycles. The van der Waals surface area contributed by atoms with E-state index in [1.54, 1.807) is 0 Å². The van der Waals surface area contributed by atoms with Crippen LogP contribution in [-0.4, -0.2) is 19.1 Å². The first-order chi connectivity index (χ1) is 11.2. The molecule has 3 rings (SSSR count). The lowest BCUT2D eigenvalue weighted by Crippen LogP contribution is -2.29. The Labute approximate surface area is 136 Å². The maximum absolute atomic E-state index is 12.3. The summed E-state index contributed by atoms with van der Waals surface area (Å²) in [6, 6.07) is 13.9. The third kappa shape index (κ3) is 3.37. The zero-order chi connectivity index (χ0) is 16.2. The standard InChI is InChI=1S/C19H21NO3/c1-22-19(21)18-16-9-8-15(20)11-14(16)7-10-17(18)23-12-13-5-3-2-4-6-13/h2-7,10,15H,8-9,11-12,20H2,1H3. The molecule has 23 heavy (non-hydrogen) atoms. The van der Waals surface area contributed by atoms with Crippen LogP contribution in [0.15, 0.2) is 42.5 Å². The number of benzene rings is 2. The van der Waals surface area contributed by atoms with E-state index < -0.39 is 0 Å². The number of hydrogen-bond acceptors (Lipinski definition) is 4. The second kappa shape index (κ2) is 6.84. The van der Waals surface area contributed by atoms with E-state index in [0.29, 0.717) is 17.9 Å². The van der Waals surface area contributed by atoms with E-state index in [-0.39, 0.29) is 12.0 Å². The van der Waals surface area contributed by atoms with Gasteiger partial charge in [0.05, 0.1) is 7.11 Å². The van der Waals surface area contributed by atoms with Crippen molar-refractivity contribution in [2.45, 2.75) is 31.9 Å². The molecule has 0 bridgehead atoms. The SMILES string of the molecule is COC(=O)c1c(OCc2ccccc2)ccc2c1CCC(N)C2. The highest BCUT2D eigenvalue weighted by molar-refractivity contribution is 5.94. The number of methoxy groups -OCH3 is 1. The van der Waals surface area contributed by atoms with Gasteiger partial charge in [-0.05, 0) is 42.0 Å². The molecule has 4 nitrogen and oxygen atoms in total. The molecule has 2 aromatic rings. The smallest absolute Gasteiger partial charge is 0.341 e. The van der Waals surface area contributed by atoms with E-state index in [1.165, 1.54) is 7.11 Å². The summed E-state index contributed by atoms with van der Waals surface area (Å²) in [5.74, 6) is 0.232. The predicted molar refractivity (Wildman–Crippen MR) is 88.6 cm³/mol. The Morgan fingerprint density at radius 2 is 2.00 bits per heavy atom. The molecule has 0 aliphatic heterocycles. The molecule has 1 unspecified atom stereocenters. The van der Waals surface area contributed by atoms with E-state index in [0.717, 1.165) is 36.0 Å². The fourth-order valence-electron chi connectivity index (χ4n) is 3.04. The molecule has 0 amide bonds. The number of carbonyl (C=O) groups is 1. The molecule has 0 spiro atoms. The Kier molecular flexibility index (Phi) is 4.63. The summed E-state index contributed by atoms with van der Waals surface area (Å²) < 4.78 is 10.9. The van der Waals surface area contributed by atoms with Crippen LogP contribution < -0.4 is 10.5 Å². The van der Waals surface area contributed by atoms with Crippen LogP contribution in [0.3, 0.4) is 0 Å². The molecule has 1 atom stereocenters. The molecule has 120 valence electrons. The van der Waals surface area contributed by atoms with Gasteiger partial charge in [0, 0.05) is 6.04 Å². The summed E-state index contributed by atoms with van der Waals surface area (Å²) in [7, 11) is 1.40. The largest absolute Gasteiger partial charge is 0.488 e. The second-order valence-corrected chi connectivity index (χ2v) is 5.85. The fraction of sp³-hybridized carbons (Fsp3) is 0.316. The Bertz CT molecular complexity index is 697. The summed E-state index contributed by atoms with van der Waals surface area (Å²) in [4.78, 5) is 12.3. The fourth-order valence-corrected chi connectivity index (χ4v) is 3.04. The Balaban J connectivity index is 1.91. The third-order valence-electron chi connectivity index (χ3n) is 4.25. The molecular formula is C19H21NO3. The van der Waals surface area contributed by atoms with Crippen LogP contribution in [0, 0.1) is 0 Å². The number of hydrogen-bond donors (Lipinski definition) is 1. The Morgan fingerprint density at radius 3 is 2.74 bits per heavy atom. The van der Waals surface area contributed by atoms with E-state index in [1.807, 2.05) is 42.5 Å². The molecule has 4 heteroatoms. The van der Waals surface area contributed by atoms with E-state index in [9.17, 15) is 4.79 Å². The minimum Gasteiger partial charge on any atom is -0.488 e. The van der Waals surface area contributed by atoms with Crippen molar-refractivity contribution in [1.29, 1.82) is 0 Å². The highest BCUT2D eigenvalue weighted by Gasteiger charge is 2.25. The highest BCUT2D eigenvalue weighted by Crippen LogP contribution is 2.32. The topological polar surface area (TPSA) is 61.5 Å². The zero-order valence-electron chi connectivity index (χ0n) is 13.2. The lowest BCUT2D eigenvalue weighted by atomic mass is 9.85.